The van der Waals surface area contributed by atoms with Gasteiger partial charge in [-0.1, -0.05) is 83.3 Å². The number of thiophene rings is 2. The molecule has 36 heavy (non-hydrogen) atoms. The molecule has 3 heterocycles. The lowest BCUT2D eigenvalue weighted by Gasteiger charge is -2.07. The predicted molar refractivity (Wildman–Crippen MR) is 140 cm³/mol. The summed E-state index contributed by atoms with van der Waals surface area (Å²) in [6, 6.07) is 31.4. The molecule has 2 aromatic carbocycles. The Bertz CT molecular complexity index is 1450. The van der Waals surface area contributed by atoms with E-state index in [4.69, 9.17) is 9.47 Å². The van der Waals surface area contributed by atoms with E-state index in [1.807, 2.05) is 97.1 Å². The van der Waals surface area contributed by atoms with Gasteiger partial charge in [-0.05, 0) is 35.4 Å². The standard InChI is InChI=1S/C28H18N4O2S2/c29-15-21-22(16-30)32-28(24-12-14-26(36-24)34-18-20-9-5-2-6-10-20)27(31-21)23-11-13-25(35-23)33-17-19-7-3-1-4-8-19/h1-14H,17-18H2. The van der Waals surface area contributed by atoms with Crippen LogP contribution >= 0.6 is 22.7 Å². The summed E-state index contributed by atoms with van der Waals surface area (Å²) in [4.78, 5) is 10.6. The van der Waals surface area contributed by atoms with E-state index in [1.165, 1.54) is 22.7 Å². The summed E-state index contributed by atoms with van der Waals surface area (Å²) < 4.78 is 11.9. The molecule has 0 aliphatic heterocycles. The third-order valence-corrected chi connectivity index (χ3v) is 7.19. The maximum absolute atomic E-state index is 9.54. The first-order valence-corrected chi connectivity index (χ1v) is 12.6. The van der Waals surface area contributed by atoms with Crippen molar-refractivity contribution in [1.29, 1.82) is 10.5 Å². The van der Waals surface area contributed by atoms with E-state index in [1.54, 1.807) is 0 Å². The summed E-state index contributed by atoms with van der Waals surface area (Å²) in [5, 5.41) is 20.5. The highest BCUT2D eigenvalue weighted by molar-refractivity contribution is 7.18. The molecule has 0 N–H and O–H groups in total. The molecule has 0 amide bonds. The Kier molecular flexibility index (Phi) is 7.00. The summed E-state index contributed by atoms with van der Waals surface area (Å²) in [7, 11) is 0. The van der Waals surface area contributed by atoms with Crippen LogP contribution in [-0.4, -0.2) is 9.97 Å². The first-order chi connectivity index (χ1) is 17.7. The highest BCUT2D eigenvalue weighted by Gasteiger charge is 2.20. The fraction of sp³-hybridized carbons (Fsp3) is 0.0714. The van der Waals surface area contributed by atoms with Gasteiger partial charge in [-0.25, -0.2) is 9.97 Å². The van der Waals surface area contributed by atoms with Gasteiger partial charge in [0, 0.05) is 0 Å². The van der Waals surface area contributed by atoms with Gasteiger partial charge in [-0.3, -0.25) is 0 Å². The van der Waals surface area contributed by atoms with E-state index in [-0.39, 0.29) is 11.4 Å². The number of hydrogen-bond acceptors (Lipinski definition) is 8. The van der Waals surface area contributed by atoms with Crippen LogP contribution in [0.3, 0.4) is 0 Å². The Labute approximate surface area is 216 Å². The van der Waals surface area contributed by atoms with Crippen LogP contribution in [0.1, 0.15) is 22.5 Å². The SMILES string of the molecule is N#Cc1nc(-c2ccc(OCc3ccccc3)s2)c(-c2ccc(OCc3ccccc3)s2)nc1C#N. The molecule has 0 atom stereocenters. The maximum atomic E-state index is 9.54. The average Bonchev–Trinajstić information content (AvgIpc) is 3.61. The second-order valence-corrected chi connectivity index (χ2v) is 9.72. The smallest absolute Gasteiger partial charge is 0.177 e. The summed E-state index contributed by atoms with van der Waals surface area (Å²) in [5.74, 6) is 0. The van der Waals surface area contributed by atoms with Crippen molar-refractivity contribution in [3.05, 3.63) is 107 Å². The van der Waals surface area contributed by atoms with Crippen LogP contribution in [0, 0.1) is 22.7 Å². The van der Waals surface area contributed by atoms with Gasteiger partial charge >= 0.3 is 0 Å². The van der Waals surface area contributed by atoms with Gasteiger partial charge in [-0.15, -0.1) is 0 Å². The van der Waals surface area contributed by atoms with Crippen molar-refractivity contribution in [3.8, 4) is 43.4 Å². The fourth-order valence-corrected chi connectivity index (χ4v) is 5.13. The number of aromatic nitrogens is 2. The quantitative estimate of drug-likeness (QED) is 0.229. The zero-order valence-electron chi connectivity index (χ0n) is 18.9. The number of nitriles is 2. The normalized spacial score (nSPS) is 10.4. The Morgan fingerprint density at radius 3 is 1.39 bits per heavy atom. The molecule has 174 valence electrons. The summed E-state index contributed by atoms with van der Waals surface area (Å²) in [5.41, 5.74) is 3.18. The van der Waals surface area contributed by atoms with Crippen molar-refractivity contribution in [3.63, 3.8) is 0 Å². The Hall–Kier alpha value is -4.50. The van der Waals surface area contributed by atoms with Gasteiger partial charge in [0.25, 0.3) is 0 Å². The molecule has 0 unspecified atom stereocenters. The van der Waals surface area contributed by atoms with Crippen molar-refractivity contribution in [2.24, 2.45) is 0 Å². The zero-order chi connectivity index (χ0) is 24.7. The van der Waals surface area contributed by atoms with E-state index >= 15 is 0 Å². The highest BCUT2D eigenvalue weighted by atomic mass is 32.1. The molecule has 8 heteroatoms. The highest BCUT2D eigenvalue weighted by Crippen LogP contribution is 2.41. The van der Waals surface area contributed by atoms with Crippen LogP contribution in [0.25, 0.3) is 21.1 Å². The van der Waals surface area contributed by atoms with Gasteiger partial charge in [0.1, 0.15) is 36.7 Å². The van der Waals surface area contributed by atoms with E-state index in [2.05, 4.69) is 9.97 Å². The van der Waals surface area contributed by atoms with Crippen LogP contribution in [-0.2, 0) is 13.2 Å². The molecule has 6 nitrogen and oxygen atoms in total. The minimum absolute atomic E-state index is 0.00601. The predicted octanol–water partition coefficient (Wildman–Crippen LogP) is 6.83. The van der Waals surface area contributed by atoms with Crippen LogP contribution < -0.4 is 9.47 Å². The Balaban J connectivity index is 1.43. The third kappa shape index (κ3) is 5.26. The summed E-state index contributed by atoms with van der Waals surface area (Å²) in [6.07, 6.45) is 0. The van der Waals surface area contributed by atoms with Crippen molar-refractivity contribution >= 4 is 22.7 Å². The van der Waals surface area contributed by atoms with E-state index in [9.17, 15) is 10.5 Å². The molecule has 0 saturated heterocycles. The van der Waals surface area contributed by atoms with E-state index in [0.717, 1.165) is 31.0 Å². The lowest BCUT2D eigenvalue weighted by molar-refractivity contribution is 0.315. The van der Waals surface area contributed by atoms with Gasteiger partial charge < -0.3 is 9.47 Å². The van der Waals surface area contributed by atoms with Crippen LogP contribution in [0.15, 0.2) is 84.9 Å². The molecule has 0 saturated carbocycles. The van der Waals surface area contributed by atoms with Crippen molar-refractivity contribution in [2.45, 2.75) is 13.2 Å². The summed E-state index contributed by atoms with van der Waals surface area (Å²) in [6.45, 7) is 0.895. The maximum Gasteiger partial charge on any atom is 0.177 e. The van der Waals surface area contributed by atoms with Crippen LogP contribution in [0.5, 0.6) is 10.1 Å². The lowest BCUT2D eigenvalue weighted by atomic mass is 10.2. The number of ether oxygens (including phenoxy) is 2. The van der Waals surface area contributed by atoms with E-state index < -0.39 is 0 Å². The molecule has 0 bridgehead atoms. The van der Waals surface area contributed by atoms with Gasteiger partial charge in [-0.2, -0.15) is 10.5 Å². The van der Waals surface area contributed by atoms with Crippen molar-refractivity contribution in [1.82, 2.24) is 9.97 Å². The monoisotopic (exact) mass is 506 g/mol. The Morgan fingerprint density at radius 1 is 0.583 bits per heavy atom. The van der Waals surface area contributed by atoms with Gasteiger partial charge in [0.05, 0.1) is 9.75 Å². The molecule has 5 rings (SSSR count). The van der Waals surface area contributed by atoms with Crippen LogP contribution in [0.2, 0.25) is 0 Å². The van der Waals surface area contributed by atoms with Gasteiger partial charge in [0.15, 0.2) is 21.5 Å². The second-order valence-electron chi connectivity index (χ2n) is 7.63. The fourth-order valence-electron chi connectivity index (χ4n) is 3.44. The molecular formula is C28H18N4O2S2. The number of nitrogens with zero attached hydrogens (tertiary/aromatic N) is 4. The largest absolute Gasteiger partial charge is 0.479 e. The number of benzene rings is 2. The van der Waals surface area contributed by atoms with Crippen LogP contribution in [0.4, 0.5) is 0 Å². The summed E-state index contributed by atoms with van der Waals surface area (Å²) >= 11 is 2.83. The van der Waals surface area contributed by atoms with Gasteiger partial charge in [0.2, 0.25) is 0 Å². The molecule has 0 radical (unpaired) electrons. The molecule has 0 spiro atoms. The topological polar surface area (TPSA) is 91.8 Å². The average molecular weight is 507 g/mol. The molecule has 0 aliphatic carbocycles. The number of hydrogen-bond donors (Lipinski definition) is 0. The molecular weight excluding hydrogens is 488 g/mol. The second kappa shape index (κ2) is 10.8. The zero-order valence-corrected chi connectivity index (χ0v) is 20.6. The Morgan fingerprint density at radius 2 is 1.00 bits per heavy atom. The molecule has 3 aromatic heterocycles. The molecule has 0 fully saturated rings. The lowest BCUT2D eigenvalue weighted by Crippen LogP contribution is -1.99. The minimum Gasteiger partial charge on any atom is -0.479 e. The van der Waals surface area contributed by atoms with E-state index in [0.29, 0.717) is 24.6 Å². The third-order valence-electron chi connectivity index (χ3n) is 5.18. The minimum atomic E-state index is -0.00601. The van der Waals surface area contributed by atoms with Crippen molar-refractivity contribution in [2.75, 3.05) is 0 Å². The number of rotatable bonds is 8. The first kappa shape index (κ1) is 23.3. The molecule has 0 aliphatic rings. The first-order valence-electron chi connectivity index (χ1n) is 11.0. The molecule has 5 aromatic rings. The van der Waals surface area contributed by atoms with Crippen molar-refractivity contribution < 1.29 is 9.47 Å².